The number of benzene rings is 1. The summed E-state index contributed by atoms with van der Waals surface area (Å²) in [6, 6.07) is 1.57. The third-order valence-electron chi connectivity index (χ3n) is 3.48. The summed E-state index contributed by atoms with van der Waals surface area (Å²) < 4.78 is 27.8. The molecule has 1 aliphatic heterocycles. The minimum atomic E-state index is -3.67. The smallest absolute Gasteiger partial charge is 0.242 e. The zero-order chi connectivity index (χ0) is 14.9. The molecule has 1 heterocycles. The van der Waals surface area contributed by atoms with E-state index in [2.05, 4.69) is 10.0 Å². The van der Waals surface area contributed by atoms with E-state index in [1.807, 2.05) is 0 Å². The summed E-state index contributed by atoms with van der Waals surface area (Å²) in [4.78, 5) is 0.0924. The van der Waals surface area contributed by atoms with Crippen LogP contribution in [0, 0.1) is 13.8 Å². The Bertz CT molecular complexity index is 585. The molecule has 1 aromatic rings. The van der Waals surface area contributed by atoms with Gasteiger partial charge < -0.3 is 5.32 Å². The Hall–Kier alpha value is -0.330. The molecule has 0 aromatic heterocycles. The van der Waals surface area contributed by atoms with Crippen molar-refractivity contribution in [1.29, 1.82) is 0 Å². The topological polar surface area (TPSA) is 58.2 Å². The molecule has 0 bridgehead atoms. The molecule has 4 nitrogen and oxygen atoms in total. The lowest BCUT2D eigenvalue weighted by molar-refractivity contribution is 0.428. The van der Waals surface area contributed by atoms with Gasteiger partial charge in [0, 0.05) is 17.6 Å². The molecule has 0 saturated carbocycles. The van der Waals surface area contributed by atoms with Crippen molar-refractivity contribution in [3.05, 3.63) is 27.2 Å². The van der Waals surface area contributed by atoms with Crippen molar-refractivity contribution in [3.63, 3.8) is 0 Å². The summed E-state index contributed by atoms with van der Waals surface area (Å²) in [5, 5.41) is 3.83. The van der Waals surface area contributed by atoms with E-state index in [0.29, 0.717) is 22.7 Å². The average Bonchev–Trinajstić information content (AvgIpc) is 2.37. The maximum atomic E-state index is 12.6. The number of aryl methyl sites for hydroxylation is 1. The zero-order valence-electron chi connectivity index (χ0n) is 11.5. The lowest BCUT2D eigenvalue weighted by atomic mass is 10.1. The van der Waals surface area contributed by atoms with Gasteiger partial charge in [-0.3, -0.25) is 0 Å². The average molecular weight is 337 g/mol. The number of hydrogen-bond donors (Lipinski definition) is 2. The Morgan fingerprint density at radius 3 is 2.65 bits per heavy atom. The highest BCUT2D eigenvalue weighted by molar-refractivity contribution is 7.89. The second-order valence-electron chi connectivity index (χ2n) is 5.11. The molecule has 0 unspecified atom stereocenters. The van der Waals surface area contributed by atoms with Crippen molar-refractivity contribution in [1.82, 2.24) is 10.0 Å². The molecule has 0 aliphatic carbocycles. The monoisotopic (exact) mass is 336 g/mol. The van der Waals surface area contributed by atoms with E-state index in [1.165, 1.54) is 0 Å². The van der Waals surface area contributed by atoms with Crippen molar-refractivity contribution < 1.29 is 8.42 Å². The van der Waals surface area contributed by atoms with Crippen molar-refractivity contribution in [2.75, 3.05) is 13.1 Å². The number of hydrogen-bond acceptors (Lipinski definition) is 3. The fourth-order valence-corrected chi connectivity index (χ4v) is 4.85. The quantitative estimate of drug-likeness (QED) is 0.891. The minimum Gasteiger partial charge on any atom is -0.315 e. The molecule has 1 aliphatic rings. The van der Waals surface area contributed by atoms with Gasteiger partial charge in [0.15, 0.2) is 0 Å². The van der Waals surface area contributed by atoms with Crippen LogP contribution in [0.25, 0.3) is 0 Å². The largest absolute Gasteiger partial charge is 0.315 e. The fraction of sp³-hybridized carbons (Fsp3) is 0.538. The molecular weight excluding hydrogens is 319 g/mol. The van der Waals surface area contributed by atoms with Crippen LogP contribution >= 0.6 is 23.2 Å². The van der Waals surface area contributed by atoms with Crippen molar-refractivity contribution in [3.8, 4) is 0 Å². The summed E-state index contributed by atoms with van der Waals surface area (Å²) in [6.45, 7) is 4.97. The highest BCUT2D eigenvalue weighted by Crippen LogP contribution is 2.33. The first-order chi connectivity index (χ1) is 9.33. The maximum Gasteiger partial charge on any atom is 0.242 e. The molecule has 20 heavy (non-hydrogen) atoms. The standard InChI is InChI=1S/C13H18Cl2N2O2S/c1-8-6-11(14)9(2)13(12(8)15)20(18,19)17-10-4-3-5-16-7-10/h6,10,16-17H,3-5,7H2,1-2H3/t10-/m1/s1. The zero-order valence-corrected chi connectivity index (χ0v) is 13.8. The number of sulfonamides is 1. The predicted octanol–water partition coefficient (Wildman–Crippen LogP) is 2.64. The third kappa shape index (κ3) is 3.28. The normalized spacial score (nSPS) is 20.1. The van der Waals surface area contributed by atoms with E-state index < -0.39 is 10.0 Å². The van der Waals surface area contributed by atoms with Crippen molar-refractivity contribution in [2.24, 2.45) is 0 Å². The Morgan fingerprint density at radius 2 is 2.05 bits per heavy atom. The second-order valence-corrected chi connectivity index (χ2v) is 7.54. The van der Waals surface area contributed by atoms with Crippen LogP contribution in [0.4, 0.5) is 0 Å². The Kier molecular flexibility index (Phi) is 4.97. The van der Waals surface area contributed by atoms with E-state index in [4.69, 9.17) is 23.2 Å². The van der Waals surface area contributed by atoms with Crippen LogP contribution in [-0.2, 0) is 10.0 Å². The summed E-state index contributed by atoms with van der Waals surface area (Å²) in [5.74, 6) is 0. The first kappa shape index (κ1) is 16.0. The first-order valence-corrected chi connectivity index (χ1v) is 8.75. The minimum absolute atomic E-state index is 0.0924. The molecule has 1 aromatic carbocycles. The molecule has 112 valence electrons. The summed E-state index contributed by atoms with van der Waals surface area (Å²) in [7, 11) is -3.67. The molecule has 0 spiro atoms. The molecule has 0 amide bonds. The van der Waals surface area contributed by atoms with Gasteiger partial charge in [-0.1, -0.05) is 23.2 Å². The van der Waals surface area contributed by atoms with Gasteiger partial charge in [-0.25, -0.2) is 13.1 Å². The van der Waals surface area contributed by atoms with E-state index >= 15 is 0 Å². The van der Waals surface area contributed by atoms with Gasteiger partial charge in [-0.05, 0) is 50.4 Å². The van der Waals surface area contributed by atoms with Gasteiger partial charge in [0.25, 0.3) is 0 Å². The molecule has 1 atom stereocenters. The fourth-order valence-electron chi connectivity index (χ4n) is 2.36. The third-order valence-corrected chi connectivity index (χ3v) is 6.16. The SMILES string of the molecule is Cc1cc(Cl)c(C)c(S(=O)(=O)N[C@@H]2CCCNC2)c1Cl. The first-order valence-electron chi connectivity index (χ1n) is 6.51. The summed E-state index contributed by atoms with van der Waals surface area (Å²) >= 11 is 12.3. The Balaban J connectivity index is 2.38. The van der Waals surface area contributed by atoms with Crippen molar-refractivity contribution in [2.45, 2.75) is 37.6 Å². The Labute approximate surface area is 129 Å². The van der Waals surface area contributed by atoms with Gasteiger partial charge in [0.2, 0.25) is 10.0 Å². The molecule has 1 fully saturated rings. The Morgan fingerprint density at radius 1 is 1.35 bits per heavy atom. The predicted molar refractivity (Wildman–Crippen MR) is 82.1 cm³/mol. The van der Waals surface area contributed by atoms with Crippen LogP contribution in [0.15, 0.2) is 11.0 Å². The lowest BCUT2D eigenvalue weighted by Gasteiger charge is -2.24. The van der Waals surface area contributed by atoms with E-state index in [-0.39, 0.29) is 16.0 Å². The molecule has 1 saturated heterocycles. The highest BCUT2D eigenvalue weighted by atomic mass is 35.5. The van der Waals surface area contributed by atoms with Crippen LogP contribution in [0.1, 0.15) is 24.0 Å². The summed E-state index contributed by atoms with van der Waals surface area (Å²) in [5.41, 5.74) is 1.14. The number of rotatable bonds is 3. The second kappa shape index (κ2) is 6.20. The molecule has 7 heteroatoms. The van der Waals surface area contributed by atoms with Crippen molar-refractivity contribution >= 4 is 33.2 Å². The molecular formula is C13H18Cl2N2O2S. The summed E-state index contributed by atoms with van der Waals surface area (Å²) in [6.07, 6.45) is 1.77. The van der Waals surface area contributed by atoms with E-state index in [1.54, 1.807) is 19.9 Å². The lowest BCUT2D eigenvalue weighted by Crippen LogP contribution is -2.45. The number of piperidine rings is 1. The van der Waals surface area contributed by atoms with Crippen LogP contribution in [-0.4, -0.2) is 27.5 Å². The van der Waals surface area contributed by atoms with E-state index in [0.717, 1.165) is 19.4 Å². The highest BCUT2D eigenvalue weighted by Gasteiger charge is 2.27. The van der Waals surface area contributed by atoms with Gasteiger partial charge >= 0.3 is 0 Å². The molecule has 0 radical (unpaired) electrons. The van der Waals surface area contributed by atoms with Gasteiger partial charge in [0.1, 0.15) is 4.90 Å². The molecule has 2 N–H and O–H groups in total. The van der Waals surface area contributed by atoms with Crippen LogP contribution in [0.2, 0.25) is 10.0 Å². The maximum absolute atomic E-state index is 12.6. The van der Waals surface area contributed by atoms with Crippen LogP contribution in [0.5, 0.6) is 0 Å². The number of halogens is 2. The van der Waals surface area contributed by atoms with E-state index in [9.17, 15) is 8.42 Å². The van der Waals surface area contributed by atoms with Crippen LogP contribution in [0.3, 0.4) is 0 Å². The van der Waals surface area contributed by atoms with Gasteiger partial charge in [-0.15, -0.1) is 0 Å². The van der Waals surface area contributed by atoms with Gasteiger partial charge in [0.05, 0.1) is 5.02 Å². The van der Waals surface area contributed by atoms with Gasteiger partial charge in [-0.2, -0.15) is 0 Å². The van der Waals surface area contributed by atoms with Crippen LogP contribution < -0.4 is 10.0 Å². The number of nitrogens with one attached hydrogen (secondary N) is 2. The molecule has 2 rings (SSSR count).